The minimum absolute atomic E-state index is 0.0118. The summed E-state index contributed by atoms with van der Waals surface area (Å²) >= 11 is 0. The summed E-state index contributed by atoms with van der Waals surface area (Å²) in [7, 11) is 1.77. The highest BCUT2D eigenvalue weighted by atomic mass is 16.2. The maximum Gasteiger partial charge on any atom is 0.262 e. The van der Waals surface area contributed by atoms with Gasteiger partial charge in [0.25, 0.3) is 5.56 Å². The van der Waals surface area contributed by atoms with Crippen molar-refractivity contribution < 1.29 is 4.79 Å². The second-order valence-corrected chi connectivity index (χ2v) is 6.74. The second kappa shape index (κ2) is 7.77. The van der Waals surface area contributed by atoms with Crippen molar-refractivity contribution in [3.8, 4) is 0 Å². The van der Waals surface area contributed by atoms with Gasteiger partial charge >= 0.3 is 0 Å². The summed E-state index contributed by atoms with van der Waals surface area (Å²) in [6, 6.07) is 0. The van der Waals surface area contributed by atoms with Crippen LogP contribution in [0.3, 0.4) is 0 Å². The van der Waals surface area contributed by atoms with Crippen LogP contribution in [0.1, 0.15) is 38.4 Å². The molecule has 8 heteroatoms. The van der Waals surface area contributed by atoms with E-state index in [1.165, 1.54) is 6.20 Å². The van der Waals surface area contributed by atoms with E-state index in [1.807, 2.05) is 0 Å². The first-order chi connectivity index (χ1) is 12.1. The van der Waals surface area contributed by atoms with Crippen molar-refractivity contribution in [3.63, 3.8) is 0 Å². The van der Waals surface area contributed by atoms with Crippen LogP contribution in [0, 0.1) is 5.92 Å². The van der Waals surface area contributed by atoms with E-state index < -0.39 is 0 Å². The lowest BCUT2D eigenvalue weighted by atomic mass is 9.97. The second-order valence-electron chi connectivity index (χ2n) is 6.74. The van der Waals surface area contributed by atoms with Gasteiger partial charge in [0.15, 0.2) is 5.65 Å². The van der Waals surface area contributed by atoms with E-state index in [9.17, 15) is 9.59 Å². The molecule has 0 aromatic carbocycles. The molecule has 1 atom stereocenters. The summed E-state index contributed by atoms with van der Waals surface area (Å²) in [6.07, 6.45) is 5.51. The molecule has 0 saturated carbocycles. The van der Waals surface area contributed by atoms with E-state index in [2.05, 4.69) is 32.2 Å². The molecule has 1 aliphatic rings. The lowest BCUT2D eigenvalue weighted by Crippen LogP contribution is -2.43. The number of nitrogens with zero attached hydrogens (tertiary/aromatic N) is 4. The molecule has 25 heavy (non-hydrogen) atoms. The molecule has 0 radical (unpaired) electrons. The Morgan fingerprint density at radius 2 is 2.32 bits per heavy atom. The first-order valence-electron chi connectivity index (χ1n) is 8.99. The number of hydrogen-bond acceptors (Lipinski definition) is 5. The van der Waals surface area contributed by atoms with Crippen molar-refractivity contribution in [2.45, 2.75) is 39.2 Å². The predicted octanol–water partition coefficient (Wildman–Crippen LogP) is 0.785. The van der Waals surface area contributed by atoms with E-state index in [1.54, 1.807) is 11.7 Å². The summed E-state index contributed by atoms with van der Waals surface area (Å²) in [5.74, 6) is 0.771. The van der Waals surface area contributed by atoms with Gasteiger partial charge in [0.2, 0.25) is 5.91 Å². The molecule has 0 spiro atoms. The summed E-state index contributed by atoms with van der Waals surface area (Å²) < 4.78 is 1.61. The molecule has 2 aromatic heterocycles. The van der Waals surface area contributed by atoms with Crippen LogP contribution in [0.15, 0.2) is 11.0 Å². The number of fused-ring (bicyclic) bond motifs is 1. The number of nitrogens with one attached hydrogen (secondary N) is 2. The average Bonchev–Trinajstić information content (AvgIpc) is 2.97. The zero-order chi connectivity index (χ0) is 17.8. The molecular formula is C17H26N6O2. The molecule has 0 aliphatic carbocycles. The van der Waals surface area contributed by atoms with Gasteiger partial charge in [-0.3, -0.25) is 19.2 Å². The minimum Gasteiger partial charge on any atom is -0.356 e. The third kappa shape index (κ3) is 4.07. The third-order valence-corrected chi connectivity index (χ3v) is 4.73. The molecule has 2 N–H and O–H groups in total. The molecule has 2 aromatic rings. The molecule has 1 fully saturated rings. The SMILES string of the molecule is CCCCNC(=O)C1CCCN(Cc2nc3c(cnn3C)c(=O)[nH]2)C1. The standard InChI is InChI=1S/C17H26N6O2/c1-3-4-7-18-16(24)12-6-5-8-23(10-12)11-14-20-15-13(17(25)21-14)9-19-22(15)2/h9,12H,3-8,10-11H2,1-2H3,(H,18,24)(H,20,21,25). The van der Waals surface area contributed by atoms with Crippen molar-refractivity contribution >= 4 is 16.9 Å². The predicted molar refractivity (Wildman–Crippen MR) is 95.0 cm³/mol. The Balaban J connectivity index is 1.65. The van der Waals surface area contributed by atoms with Gasteiger partial charge in [-0.05, 0) is 25.8 Å². The lowest BCUT2D eigenvalue weighted by molar-refractivity contribution is -0.126. The molecule has 3 rings (SSSR count). The molecule has 8 nitrogen and oxygen atoms in total. The number of hydrogen-bond donors (Lipinski definition) is 2. The van der Waals surface area contributed by atoms with Crippen LogP contribution in [0.4, 0.5) is 0 Å². The number of likely N-dealkylation sites (tertiary alicyclic amines) is 1. The zero-order valence-electron chi connectivity index (χ0n) is 14.9. The number of carbonyl (C=O) groups is 1. The molecule has 1 unspecified atom stereocenters. The first kappa shape index (κ1) is 17.6. The van der Waals surface area contributed by atoms with E-state index in [0.717, 1.165) is 38.8 Å². The Morgan fingerprint density at radius 1 is 1.48 bits per heavy atom. The van der Waals surface area contributed by atoms with Crippen molar-refractivity contribution in [1.82, 2.24) is 30.0 Å². The molecule has 1 amide bonds. The van der Waals surface area contributed by atoms with Gasteiger partial charge in [0.1, 0.15) is 11.2 Å². The average molecular weight is 346 g/mol. The fourth-order valence-electron chi connectivity index (χ4n) is 3.31. The Hall–Kier alpha value is -2.22. The summed E-state index contributed by atoms with van der Waals surface area (Å²) in [5.41, 5.74) is 0.420. The number of aromatic amines is 1. The highest BCUT2D eigenvalue weighted by Gasteiger charge is 2.26. The summed E-state index contributed by atoms with van der Waals surface area (Å²) in [4.78, 5) is 34.0. The Morgan fingerprint density at radius 3 is 3.12 bits per heavy atom. The van der Waals surface area contributed by atoms with Gasteiger partial charge in [0, 0.05) is 20.1 Å². The molecule has 136 valence electrons. The van der Waals surface area contributed by atoms with Crippen LogP contribution >= 0.6 is 0 Å². The molecule has 1 saturated heterocycles. The fraction of sp³-hybridized carbons (Fsp3) is 0.647. The number of H-pyrrole nitrogens is 1. The summed E-state index contributed by atoms with van der Waals surface area (Å²) in [6.45, 7) is 5.01. The van der Waals surface area contributed by atoms with Gasteiger partial charge in [-0.2, -0.15) is 5.10 Å². The van der Waals surface area contributed by atoms with E-state index in [-0.39, 0.29) is 17.4 Å². The van der Waals surface area contributed by atoms with Gasteiger partial charge in [-0.25, -0.2) is 4.98 Å². The molecule has 3 heterocycles. The highest BCUT2D eigenvalue weighted by molar-refractivity contribution is 5.79. The fourth-order valence-corrected chi connectivity index (χ4v) is 3.31. The van der Waals surface area contributed by atoms with Crippen LogP contribution < -0.4 is 10.9 Å². The van der Waals surface area contributed by atoms with Crippen molar-refractivity contribution in [2.75, 3.05) is 19.6 Å². The van der Waals surface area contributed by atoms with Crippen LogP contribution in [0.5, 0.6) is 0 Å². The van der Waals surface area contributed by atoms with Crippen LogP contribution in [-0.2, 0) is 18.4 Å². The Labute approximate surface area is 146 Å². The number of unbranched alkanes of at least 4 members (excludes halogenated alkanes) is 1. The van der Waals surface area contributed by atoms with Crippen molar-refractivity contribution in [2.24, 2.45) is 13.0 Å². The monoisotopic (exact) mass is 346 g/mol. The van der Waals surface area contributed by atoms with E-state index in [4.69, 9.17) is 0 Å². The maximum absolute atomic E-state index is 12.3. The topological polar surface area (TPSA) is 95.9 Å². The van der Waals surface area contributed by atoms with Crippen LogP contribution in [0.25, 0.3) is 11.0 Å². The lowest BCUT2D eigenvalue weighted by Gasteiger charge is -2.31. The van der Waals surface area contributed by atoms with E-state index >= 15 is 0 Å². The van der Waals surface area contributed by atoms with Crippen LogP contribution in [-0.4, -0.2) is 50.2 Å². The smallest absolute Gasteiger partial charge is 0.262 e. The largest absolute Gasteiger partial charge is 0.356 e. The number of aryl methyl sites for hydroxylation is 1. The van der Waals surface area contributed by atoms with Crippen LogP contribution in [0.2, 0.25) is 0 Å². The zero-order valence-corrected chi connectivity index (χ0v) is 14.9. The molecule has 1 aliphatic heterocycles. The van der Waals surface area contributed by atoms with Gasteiger partial charge in [-0.15, -0.1) is 0 Å². The van der Waals surface area contributed by atoms with Crippen molar-refractivity contribution in [3.05, 3.63) is 22.4 Å². The number of amides is 1. The van der Waals surface area contributed by atoms with Gasteiger partial charge in [0.05, 0.1) is 18.7 Å². The number of piperidine rings is 1. The number of carbonyl (C=O) groups excluding carboxylic acids is 1. The van der Waals surface area contributed by atoms with Gasteiger partial charge in [-0.1, -0.05) is 13.3 Å². The van der Waals surface area contributed by atoms with Gasteiger partial charge < -0.3 is 10.3 Å². The Kier molecular flexibility index (Phi) is 5.47. The minimum atomic E-state index is -0.168. The first-order valence-corrected chi connectivity index (χ1v) is 8.99. The third-order valence-electron chi connectivity index (χ3n) is 4.73. The van der Waals surface area contributed by atoms with Crippen molar-refractivity contribution in [1.29, 1.82) is 0 Å². The normalized spacial score (nSPS) is 18.6. The highest BCUT2D eigenvalue weighted by Crippen LogP contribution is 2.18. The maximum atomic E-state index is 12.3. The quantitative estimate of drug-likeness (QED) is 0.754. The number of rotatable bonds is 6. The van der Waals surface area contributed by atoms with E-state index in [0.29, 0.717) is 29.9 Å². The molecular weight excluding hydrogens is 320 g/mol. The number of aromatic nitrogens is 4. The summed E-state index contributed by atoms with van der Waals surface area (Å²) in [5, 5.41) is 7.61. The molecule has 0 bridgehead atoms. The Bertz CT molecular complexity index is 796.